The topological polar surface area (TPSA) is 116 Å². The molecule has 8 nitrogen and oxygen atoms in total. The van der Waals surface area contributed by atoms with Crippen LogP contribution in [0.3, 0.4) is 0 Å². The van der Waals surface area contributed by atoms with E-state index < -0.39 is 15.2 Å². The Bertz CT molecular complexity index is 965. The second-order valence-electron chi connectivity index (χ2n) is 7.51. The van der Waals surface area contributed by atoms with E-state index in [9.17, 15) is 8.42 Å². The van der Waals surface area contributed by atoms with Gasteiger partial charge in [0.15, 0.2) is 9.84 Å². The summed E-state index contributed by atoms with van der Waals surface area (Å²) < 4.78 is 34.9. The van der Waals surface area contributed by atoms with Crippen LogP contribution >= 0.6 is 0 Å². The summed E-state index contributed by atoms with van der Waals surface area (Å²) in [5, 5.41) is 3.50. The molecule has 1 saturated heterocycles. The van der Waals surface area contributed by atoms with E-state index in [1.165, 1.54) is 13.4 Å². The average molecular weight is 392 g/mol. The van der Waals surface area contributed by atoms with Gasteiger partial charge in [-0.3, -0.25) is 0 Å². The van der Waals surface area contributed by atoms with Crippen LogP contribution in [-0.4, -0.2) is 50.3 Å². The lowest BCUT2D eigenvalue weighted by molar-refractivity contribution is 0.244. The molecule has 4 rings (SSSR count). The zero-order chi connectivity index (χ0) is 19.2. The maximum Gasteiger partial charge on any atom is 0.318 e. The summed E-state index contributed by atoms with van der Waals surface area (Å²) in [4.78, 5) is 8.38. The van der Waals surface area contributed by atoms with Gasteiger partial charge in [0.2, 0.25) is 0 Å². The van der Waals surface area contributed by atoms with Gasteiger partial charge < -0.3 is 20.5 Å². The minimum absolute atomic E-state index is 0.182. The van der Waals surface area contributed by atoms with Crippen molar-refractivity contribution < 1.29 is 17.9 Å². The molecule has 1 aliphatic heterocycles. The van der Waals surface area contributed by atoms with Crippen LogP contribution in [-0.2, 0) is 9.84 Å². The van der Waals surface area contributed by atoms with Crippen LogP contribution in [0.15, 0.2) is 18.2 Å². The Morgan fingerprint density at radius 3 is 2.85 bits per heavy atom. The predicted octanol–water partition coefficient (Wildman–Crippen LogP) is 1.22. The predicted molar refractivity (Wildman–Crippen MR) is 102 cm³/mol. The number of anilines is 1. The summed E-state index contributed by atoms with van der Waals surface area (Å²) in [6.45, 7) is 1.33. The largest absolute Gasteiger partial charge is 0.493 e. The van der Waals surface area contributed by atoms with Gasteiger partial charge in [-0.1, -0.05) is 0 Å². The van der Waals surface area contributed by atoms with Crippen LogP contribution in [0.5, 0.6) is 11.8 Å². The van der Waals surface area contributed by atoms with Crippen LogP contribution in [0.4, 0.5) is 5.82 Å². The first-order chi connectivity index (χ1) is 12.8. The number of ether oxygens (including phenoxy) is 2. The lowest BCUT2D eigenvalue weighted by Crippen LogP contribution is -2.35. The third kappa shape index (κ3) is 3.53. The van der Waals surface area contributed by atoms with E-state index in [1.807, 2.05) is 18.2 Å². The number of nitrogens with one attached hydrogen (secondary N) is 1. The number of rotatable bonds is 5. The summed E-state index contributed by atoms with van der Waals surface area (Å²) in [7, 11) is -1.58. The number of hydrogen-bond acceptors (Lipinski definition) is 8. The number of aromatic nitrogens is 2. The first-order valence-corrected chi connectivity index (χ1v) is 11.0. The van der Waals surface area contributed by atoms with Crippen LogP contribution in [0.1, 0.15) is 12.8 Å². The second-order valence-corrected chi connectivity index (χ2v) is 9.67. The molecule has 0 radical (unpaired) electrons. The molecule has 3 N–H and O–H groups in total. The van der Waals surface area contributed by atoms with E-state index in [-0.39, 0.29) is 11.9 Å². The van der Waals surface area contributed by atoms with Crippen LogP contribution < -0.4 is 20.5 Å². The normalized spacial score (nSPS) is 27.6. The van der Waals surface area contributed by atoms with Gasteiger partial charge in [0, 0.05) is 17.7 Å². The Balaban J connectivity index is 1.44. The molecule has 1 aliphatic carbocycles. The minimum Gasteiger partial charge on any atom is -0.493 e. The third-order valence-corrected chi connectivity index (χ3v) is 7.06. The van der Waals surface area contributed by atoms with Crippen molar-refractivity contribution in [2.45, 2.75) is 18.2 Å². The molecule has 2 aromatic rings. The summed E-state index contributed by atoms with van der Waals surface area (Å²) in [5.41, 5.74) is 6.60. The fourth-order valence-electron chi connectivity index (χ4n) is 4.41. The van der Waals surface area contributed by atoms with E-state index >= 15 is 0 Å². The number of nitrogens with zero attached hydrogens (tertiary/aromatic N) is 2. The molecule has 4 atom stereocenters. The molecule has 1 saturated carbocycles. The highest BCUT2D eigenvalue weighted by molar-refractivity contribution is 7.91. The molecule has 0 spiro atoms. The molecule has 0 bridgehead atoms. The summed E-state index contributed by atoms with van der Waals surface area (Å²) in [5.74, 6) is 2.02. The van der Waals surface area contributed by atoms with Gasteiger partial charge >= 0.3 is 6.01 Å². The summed E-state index contributed by atoms with van der Waals surface area (Å²) >= 11 is 0. The molecule has 2 aliphatic rings. The molecule has 2 fully saturated rings. The van der Waals surface area contributed by atoms with Gasteiger partial charge in [0.05, 0.1) is 19.2 Å². The van der Waals surface area contributed by atoms with Crippen LogP contribution in [0.25, 0.3) is 10.9 Å². The first kappa shape index (κ1) is 18.2. The SMILES string of the molecule is COc1nc(N)c2ccc(OC[C@@H]3C[C@H]4CN[C@H](S(C)(=O)=O)[C@@H]4C3)cc2n1. The quantitative estimate of drug-likeness (QED) is 0.780. The average Bonchev–Trinajstić information content (AvgIpc) is 3.18. The molecular weight excluding hydrogens is 368 g/mol. The fourth-order valence-corrected chi connectivity index (χ4v) is 5.78. The summed E-state index contributed by atoms with van der Waals surface area (Å²) in [6.07, 6.45) is 3.17. The smallest absolute Gasteiger partial charge is 0.318 e. The molecule has 1 aromatic heterocycles. The van der Waals surface area contributed by atoms with Gasteiger partial charge in [-0.2, -0.15) is 9.97 Å². The standard InChI is InChI=1S/C18H24N4O4S/c1-25-18-21-15-7-12(3-4-13(15)16(19)22-18)26-9-10-5-11-8-20-17(14(11)6-10)27(2,23)24/h3-4,7,10-11,14,17,20H,5-6,8-9H2,1-2H3,(H2,19,21,22)/t10-,11+,14-,17-/m1/s1. The Morgan fingerprint density at radius 1 is 1.30 bits per heavy atom. The summed E-state index contributed by atoms with van der Waals surface area (Å²) in [6, 6.07) is 5.74. The second kappa shape index (κ2) is 6.79. The van der Waals surface area contributed by atoms with Crippen LogP contribution in [0, 0.1) is 17.8 Å². The molecule has 0 amide bonds. The zero-order valence-corrected chi connectivity index (χ0v) is 16.2. The van der Waals surface area contributed by atoms with Crippen molar-refractivity contribution >= 4 is 26.6 Å². The Hall–Kier alpha value is -2.13. The van der Waals surface area contributed by atoms with Crippen molar-refractivity contribution in [3.05, 3.63) is 18.2 Å². The van der Waals surface area contributed by atoms with Crippen molar-refractivity contribution in [1.29, 1.82) is 0 Å². The molecule has 9 heteroatoms. The Morgan fingerprint density at radius 2 is 2.11 bits per heavy atom. The van der Waals surface area contributed by atoms with E-state index in [0.717, 1.165) is 24.8 Å². The number of fused-ring (bicyclic) bond motifs is 2. The minimum atomic E-state index is -3.07. The van der Waals surface area contributed by atoms with Gasteiger partial charge in [-0.05, 0) is 49.3 Å². The number of nitrogens with two attached hydrogens (primary N) is 1. The van der Waals surface area contributed by atoms with Gasteiger partial charge in [0.1, 0.15) is 16.9 Å². The lowest BCUT2D eigenvalue weighted by Gasteiger charge is -2.18. The molecular formula is C18H24N4O4S. The maximum atomic E-state index is 11.9. The number of methoxy groups -OCH3 is 1. The van der Waals surface area contributed by atoms with E-state index in [1.54, 1.807) is 0 Å². The molecule has 2 heterocycles. The highest BCUT2D eigenvalue weighted by atomic mass is 32.2. The molecule has 0 unspecified atom stereocenters. The Kier molecular flexibility index (Phi) is 4.59. The van der Waals surface area contributed by atoms with E-state index in [0.29, 0.717) is 35.5 Å². The molecule has 1 aromatic carbocycles. The highest BCUT2D eigenvalue weighted by Gasteiger charge is 2.47. The van der Waals surface area contributed by atoms with Crippen molar-refractivity contribution in [3.8, 4) is 11.8 Å². The van der Waals surface area contributed by atoms with Crippen molar-refractivity contribution in [1.82, 2.24) is 15.3 Å². The molecule has 146 valence electrons. The maximum absolute atomic E-state index is 11.9. The third-order valence-electron chi connectivity index (χ3n) is 5.62. The number of hydrogen-bond donors (Lipinski definition) is 2. The number of nitrogen functional groups attached to an aromatic ring is 1. The number of benzene rings is 1. The van der Waals surface area contributed by atoms with Gasteiger partial charge in [-0.25, -0.2) is 8.42 Å². The molecule has 27 heavy (non-hydrogen) atoms. The fraction of sp³-hybridized carbons (Fsp3) is 0.556. The van der Waals surface area contributed by atoms with Crippen molar-refractivity contribution in [2.24, 2.45) is 17.8 Å². The van der Waals surface area contributed by atoms with Gasteiger partial charge in [0.25, 0.3) is 0 Å². The van der Waals surface area contributed by atoms with Crippen molar-refractivity contribution in [2.75, 3.05) is 32.3 Å². The van der Waals surface area contributed by atoms with Crippen LogP contribution in [0.2, 0.25) is 0 Å². The Labute approximate surface area is 158 Å². The van der Waals surface area contributed by atoms with Crippen molar-refractivity contribution in [3.63, 3.8) is 0 Å². The number of sulfone groups is 1. The zero-order valence-electron chi connectivity index (χ0n) is 15.4. The van der Waals surface area contributed by atoms with E-state index in [2.05, 4.69) is 15.3 Å². The van der Waals surface area contributed by atoms with Gasteiger partial charge in [-0.15, -0.1) is 0 Å². The lowest BCUT2D eigenvalue weighted by atomic mass is 10.0. The monoisotopic (exact) mass is 392 g/mol. The van der Waals surface area contributed by atoms with E-state index in [4.69, 9.17) is 15.2 Å². The first-order valence-electron chi connectivity index (χ1n) is 9.01. The highest BCUT2D eigenvalue weighted by Crippen LogP contribution is 2.43.